The number of nitrogens with two attached hydrogens (primary N) is 1. The Labute approximate surface area is 145 Å². The van der Waals surface area contributed by atoms with E-state index in [0.717, 1.165) is 27.8 Å². The highest BCUT2D eigenvalue weighted by Crippen LogP contribution is 2.41. The molecule has 0 amide bonds. The summed E-state index contributed by atoms with van der Waals surface area (Å²) in [6.45, 7) is 6.29. The van der Waals surface area contributed by atoms with Gasteiger partial charge in [0.25, 0.3) is 0 Å². The maximum atomic E-state index is 6.75. The molecule has 5 atom stereocenters. The molecule has 2 N–H and O–H groups in total. The molecule has 4 heterocycles. The summed E-state index contributed by atoms with van der Waals surface area (Å²) in [6, 6.07) is 8.77. The quantitative estimate of drug-likeness (QED) is 0.832. The Morgan fingerprint density at radius 2 is 2.26 bits per heavy atom. The molecule has 120 valence electrons. The number of halogens is 1. The SMILES string of the molecule is C=C[C@H]1CN2CC[C@H]1C[C@H]2C(N)c1ccnc2ccc(Br)cc12. The standard InChI is InChI=1S/C19H22BrN3/c1-2-12-11-23-8-6-13(12)9-18(23)19(21)15-5-7-22-17-4-3-14(20)10-16(15)17/h2-5,7,10,12-13,18-19H,1,6,8-9,11,21H2/t12-,13-,18-,19?/m0/s1. The molecule has 1 aromatic carbocycles. The Kier molecular flexibility index (Phi) is 4.00. The number of rotatable bonds is 3. The summed E-state index contributed by atoms with van der Waals surface area (Å²) in [5.41, 5.74) is 8.98. The smallest absolute Gasteiger partial charge is 0.0706 e. The number of hydrogen-bond acceptors (Lipinski definition) is 3. The number of piperidine rings is 3. The van der Waals surface area contributed by atoms with Crippen molar-refractivity contribution in [2.45, 2.75) is 24.9 Å². The summed E-state index contributed by atoms with van der Waals surface area (Å²) >= 11 is 3.57. The lowest BCUT2D eigenvalue weighted by Gasteiger charge is -2.51. The van der Waals surface area contributed by atoms with Crippen molar-refractivity contribution in [2.75, 3.05) is 13.1 Å². The molecule has 4 heteroatoms. The third kappa shape index (κ3) is 2.63. The van der Waals surface area contributed by atoms with Gasteiger partial charge in [-0.1, -0.05) is 22.0 Å². The minimum Gasteiger partial charge on any atom is -0.323 e. The number of pyridine rings is 1. The van der Waals surface area contributed by atoms with Gasteiger partial charge in [-0.2, -0.15) is 0 Å². The lowest BCUT2D eigenvalue weighted by molar-refractivity contribution is 0.00749. The van der Waals surface area contributed by atoms with E-state index in [-0.39, 0.29) is 6.04 Å². The highest BCUT2D eigenvalue weighted by molar-refractivity contribution is 9.10. The topological polar surface area (TPSA) is 42.1 Å². The van der Waals surface area contributed by atoms with E-state index in [0.29, 0.717) is 12.0 Å². The zero-order valence-corrected chi connectivity index (χ0v) is 14.7. The predicted molar refractivity (Wildman–Crippen MR) is 98.1 cm³/mol. The zero-order chi connectivity index (χ0) is 16.0. The fourth-order valence-corrected chi connectivity index (χ4v) is 4.75. The first kappa shape index (κ1) is 15.3. The van der Waals surface area contributed by atoms with Gasteiger partial charge in [-0.3, -0.25) is 9.88 Å². The van der Waals surface area contributed by atoms with E-state index in [1.807, 2.05) is 12.3 Å². The third-order valence-electron chi connectivity index (χ3n) is 5.66. The van der Waals surface area contributed by atoms with Crippen LogP contribution in [0.3, 0.4) is 0 Å². The highest BCUT2D eigenvalue weighted by Gasteiger charge is 2.41. The highest BCUT2D eigenvalue weighted by atomic mass is 79.9. The minimum absolute atomic E-state index is 0.0309. The van der Waals surface area contributed by atoms with Crippen LogP contribution < -0.4 is 5.73 Å². The average molecular weight is 372 g/mol. The van der Waals surface area contributed by atoms with Gasteiger partial charge in [0.05, 0.1) is 5.52 Å². The van der Waals surface area contributed by atoms with Gasteiger partial charge in [0.15, 0.2) is 0 Å². The third-order valence-corrected chi connectivity index (χ3v) is 6.16. The van der Waals surface area contributed by atoms with Crippen LogP contribution in [0, 0.1) is 11.8 Å². The summed E-state index contributed by atoms with van der Waals surface area (Å²) < 4.78 is 1.07. The lowest BCUT2D eigenvalue weighted by atomic mass is 9.73. The van der Waals surface area contributed by atoms with Crippen LogP contribution >= 0.6 is 15.9 Å². The van der Waals surface area contributed by atoms with E-state index < -0.39 is 0 Å². The van der Waals surface area contributed by atoms with Gasteiger partial charge in [0.1, 0.15) is 0 Å². The number of hydrogen-bond donors (Lipinski definition) is 1. The molecule has 5 rings (SSSR count). The predicted octanol–water partition coefficient (Wildman–Crippen LogP) is 3.89. The molecule has 0 aliphatic carbocycles. The van der Waals surface area contributed by atoms with Gasteiger partial charge < -0.3 is 5.73 Å². The van der Waals surface area contributed by atoms with Crippen LogP contribution in [-0.4, -0.2) is 29.0 Å². The Bertz CT molecular complexity index is 744. The number of nitrogens with zero attached hydrogens (tertiary/aromatic N) is 2. The molecule has 2 unspecified atom stereocenters. The fraction of sp³-hybridized carbons (Fsp3) is 0.421. The van der Waals surface area contributed by atoms with Gasteiger partial charge in [-0.25, -0.2) is 0 Å². The number of aromatic nitrogens is 1. The van der Waals surface area contributed by atoms with Crippen molar-refractivity contribution < 1.29 is 0 Å². The molecule has 0 spiro atoms. The molecule has 0 saturated carbocycles. The maximum absolute atomic E-state index is 6.75. The molecule has 3 aliphatic heterocycles. The first-order chi connectivity index (χ1) is 11.2. The first-order valence-corrected chi connectivity index (χ1v) is 9.13. The first-order valence-electron chi connectivity index (χ1n) is 8.33. The molecule has 3 aliphatic rings. The van der Waals surface area contributed by atoms with Crippen LogP contribution in [0.2, 0.25) is 0 Å². The number of fused-ring (bicyclic) bond motifs is 4. The van der Waals surface area contributed by atoms with Gasteiger partial charge in [-0.15, -0.1) is 6.58 Å². The van der Waals surface area contributed by atoms with Crippen LogP contribution in [-0.2, 0) is 0 Å². The van der Waals surface area contributed by atoms with E-state index in [4.69, 9.17) is 5.73 Å². The molecule has 23 heavy (non-hydrogen) atoms. The van der Waals surface area contributed by atoms with E-state index in [9.17, 15) is 0 Å². The molecule has 0 radical (unpaired) electrons. The van der Waals surface area contributed by atoms with Crippen molar-refractivity contribution >= 4 is 26.8 Å². The van der Waals surface area contributed by atoms with Crippen molar-refractivity contribution in [3.05, 3.63) is 53.2 Å². The normalized spacial score (nSPS) is 31.2. The molecule has 3 saturated heterocycles. The van der Waals surface area contributed by atoms with E-state index in [1.54, 1.807) is 0 Å². The molecule has 2 bridgehead atoms. The average Bonchev–Trinajstić information content (AvgIpc) is 2.60. The second-order valence-corrected chi connectivity index (χ2v) is 7.75. The van der Waals surface area contributed by atoms with Crippen LogP contribution in [0.25, 0.3) is 10.9 Å². The van der Waals surface area contributed by atoms with E-state index in [2.05, 4.69) is 56.7 Å². The van der Waals surface area contributed by atoms with Crippen LogP contribution in [0.1, 0.15) is 24.4 Å². The van der Waals surface area contributed by atoms with E-state index >= 15 is 0 Å². The Morgan fingerprint density at radius 1 is 1.39 bits per heavy atom. The van der Waals surface area contributed by atoms with Gasteiger partial charge in [0, 0.05) is 34.7 Å². The lowest BCUT2D eigenvalue weighted by Crippen LogP contribution is -2.56. The molecule has 1 aromatic heterocycles. The summed E-state index contributed by atoms with van der Waals surface area (Å²) in [6.07, 6.45) is 6.48. The van der Waals surface area contributed by atoms with Gasteiger partial charge in [-0.05, 0) is 61.1 Å². The largest absolute Gasteiger partial charge is 0.323 e. The van der Waals surface area contributed by atoms with Crippen molar-refractivity contribution in [1.82, 2.24) is 9.88 Å². The monoisotopic (exact) mass is 371 g/mol. The maximum Gasteiger partial charge on any atom is 0.0706 e. The van der Waals surface area contributed by atoms with Gasteiger partial charge in [0.2, 0.25) is 0 Å². The van der Waals surface area contributed by atoms with Crippen molar-refractivity contribution in [3.8, 4) is 0 Å². The summed E-state index contributed by atoms with van der Waals surface area (Å²) in [4.78, 5) is 7.05. The van der Waals surface area contributed by atoms with Gasteiger partial charge >= 0.3 is 0 Å². The minimum atomic E-state index is 0.0309. The Morgan fingerprint density at radius 3 is 3.00 bits per heavy atom. The Hall–Kier alpha value is -1.23. The van der Waals surface area contributed by atoms with Crippen molar-refractivity contribution in [3.63, 3.8) is 0 Å². The van der Waals surface area contributed by atoms with Crippen LogP contribution in [0.4, 0.5) is 0 Å². The molecular formula is C19H22BrN3. The zero-order valence-electron chi connectivity index (χ0n) is 13.2. The second-order valence-electron chi connectivity index (χ2n) is 6.83. The summed E-state index contributed by atoms with van der Waals surface area (Å²) in [7, 11) is 0. The van der Waals surface area contributed by atoms with Crippen LogP contribution in [0.5, 0.6) is 0 Å². The molecule has 3 fully saturated rings. The summed E-state index contributed by atoms with van der Waals surface area (Å²) in [5.74, 6) is 1.38. The van der Waals surface area contributed by atoms with Crippen molar-refractivity contribution in [1.29, 1.82) is 0 Å². The summed E-state index contributed by atoms with van der Waals surface area (Å²) in [5, 5.41) is 1.16. The van der Waals surface area contributed by atoms with Crippen LogP contribution in [0.15, 0.2) is 47.6 Å². The fourth-order valence-electron chi connectivity index (χ4n) is 4.39. The molecule has 3 nitrogen and oxygen atoms in total. The molecule has 2 aromatic rings. The van der Waals surface area contributed by atoms with E-state index in [1.165, 1.54) is 24.9 Å². The second kappa shape index (κ2) is 6.00. The molecular weight excluding hydrogens is 350 g/mol. The van der Waals surface area contributed by atoms with Crippen molar-refractivity contribution in [2.24, 2.45) is 17.6 Å². The number of benzene rings is 1. The Balaban J connectivity index is 1.69.